The van der Waals surface area contributed by atoms with Crippen molar-refractivity contribution in [2.24, 2.45) is 52.6 Å². The van der Waals surface area contributed by atoms with E-state index in [1.807, 2.05) is 6.92 Å². The molecular formula is C36H78N2O3. The van der Waals surface area contributed by atoms with Crippen LogP contribution >= 0.6 is 0 Å². The molecule has 0 saturated heterocycles. The monoisotopic (exact) mass is 587 g/mol. The van der Waals surface area contributed by atoms with Crippen molar-refractivity contribution < 1.29 is 14.7 Å². The van der Waals surface area contributed by atoms with E-state index < -0.39 is 11.4 Å². The van der Waals surface area contributed by atoms with E-state index in [0.29, 0.717) is 17.9 Å². The maximum Gasteiger partial charge on any atom is 0.309 e. The van der Waals surface area contributed by atoms with Gasteiger partial charge in [-0.2, -0.15) is 0 Å². The predicted octanol–water partition coefficient (Wildman–Crippen LogP) is 10.2. The highest BCUT2D eigenvalue weighted by atomic mass is 16.4. The SMILES string of the molecule is C.C.C=CC(=O)NCCC(CC(C)C)CC(C)C.CC(C)CC(C)(CC(C)C)C(=O)O.CC(C)CC(N)CC(C)C. The molecule has 0 atom stereocenters. The van der Waals surface area contributed by atoms with Crippen LogP contribution < -0.4 is 11.1 Å². The van der Waals surface area contributed by atoms with Gasteiger partial charge in [-0.05, 0) is 99.4 Å². The highest BCUT2D eigenvalue weighted by Gasteiger charge is 2.34. The number of hydrogen-bond donors (Lipinski definition) is 3. The van der Waals surface area contributed by atoms with E-state index in [1.54, 1.807) is 0 Å². The number of nitrogens with one attached hydrogen (secondary N) is 1. The number of carbonyl (C=O) groups is 2. The Morgan fingerprint density at radius 1 is 0.732 bits per heavy atom. The normalized spacial score (nSPS) is 11.3. The maximum absolute atomic E-state index is 11.1. The number of carbonyl (C=O) groups excluding carboxylic acids is 1. The molecule has 0 aromatic heterocycles. The highest BCUT2D eigenvalue weighted by molar-refractivity contribution is 5.86. The smallest absolute Gasteiger partial charge is 0.309 e. The minimum Gasteiger partial charge on any atom is -0.481 e. The molecule has 0 rings (SSSR count). The Bertz CT molecular complexity index is 594. The van der Waals surface area contributed by atoms with Gasteiger partial charge in [-0.3, -0.25) is 9.59 Å². The van der Waals surface area contributed by atoms with Crippen LogP contribution in [-0.4, -0.2) is 29.6 Å². The molecule has 0 aromatic rings. The zero-order valence-corrected chi connectivity index (χ0v) is 28.4. The molecule has 0 saturated carbocycles. The molecule has 5 nitrogen and oxygen atoms in total. The first-order valence-electron chi connectivity index (χ1n) is 15.6. The van der Waals surface area contributed by atoms with Crippen LogP contribution in [-0.2, 0) is 9.59 Å². The van der Waals surface area contributed by atoms with E-state index >= 15 is 0 Å². The van der Waals surface area contributed by atoms with Crippen molar-refractivity contribution in [1.82, 2.24) is 5.32 Å². The Morgan fingerprint density at radius 2 is 1.07 bits per heavy atom. The van der Waals surface area contributed by atoms with Gasteiger partial charge in [0.2, 0.25) is 5.91 Å². The van der Waals surface area contributed by atoms with E-state index in [1.165, 1.54) is 18.9 Å². The fourth-order valence-corrected chi connectivity index (χ4v) is 5.50. The van der Waals surface area contributed by atoms with Crippen LogP contribution in [0.3, 0.4) is 0 Å². The van der Waals surface area contributed by atoms with Crippen LogP contribution in [0.1, 0.15) is 150 Å². The van der Waals surface area contributed by atoms with Crippen molar-refractivity contribution in [2.45, 2.75) is 156 Å². The predicted molar refractivity (Wildman–Crippen MR) is 185 cm³/mol. The van der Waals surface area contributed by atoms with Gasteiger partial charge in [-0.1, -0.05) is 105 Å². The van der Waals surface area contributed by atoms with Crippen LogP contribution in [0.2, 0.25) is 0 Å². The topological polar surface area (TPSA) is 92.4 Å². The highest BCUT2D eigenvalue weighted by Crippen LogP contribution is 2.33. The summed E-state index contributed by atoms with van der Waals surface area (Å²) in [5.74, 6) is 3.85. The molecule has 1 amide bonds. The number of amides is 1. The van der Waals surface area contributed by atoms with Gasteiger partial charge >= 0.3 is 5.97 Å². The summed E-state index contributed by atoms with van der Waals surface area (Å²) in [4.78, 5) is 22.1. The lowest BCUT2D eigenvalue weighted by molar-refractivity contribution is -0.150. The lowest BCUT2D eigenvalue weighted by Gasteiger charge is -2.28. The first-order valence-corrected chi connectivity index (χ1v) is 15.6. The summed E-state index contributed by atoms with van der Waals surface area (Å²) >= 11 is 0. The molecule has 5 heteroatoms. The van der Waals surface area contributed by atoms with Gasteiger partial charge in [0.1, 0.15) is 0 Å². The second kappa shape index (κ2) is 27.5. The number of nitrogens with two attached hydrogens (primary N) is 1. The molecule has 0 aliphatic carbocycles. The zero-order chi connectivity index (χ0) is 31.3. The van der Waals surface area contributed by atoms with Gasteiger partial charge in [-0.25, -0.2) is 0 Å². The van der Waals surface area contributed by atoms with Gasteiger partial charge < -0.3 is 16.2 Å². The van der Waals surface area contributed by atoms with Crippen LogP contribution in [0, 0.1) is 46.8 Å². The summed E-state index contributed by atoms with van der Waals surface area (Å²) in [7, 11) is 0. The van der Waals surface area contributed by atoms with Gasteiger partial charge in [0.15, 0.2) is 0 Å². The third kappa shape index (κ3) is 34.7. The third-order valence-electron chi connectivity index (χ3n) is 6.43. The second-order valence-corrected chi connectivity index (χ2v) is 14.5. The first-order chi connectivity index (χ1) is 17.7. The molecule has 0 heterocycles. The first kappa shape index (κ1) is 49.3. The van der Waals surface area contributed by atoms with E-state index in [-0.39, 0.29) is 20.8 Å². The molecule has 0 unspecified atom stereocenters. The average Bonchev–Trinajstić information content (AvgIpc) is 2.71. The summed E-state index contributed by atoms with van der Waals surface area (Å²) in [6, 6.07) is 0.417. The summed E-state index contributed by atoms with van der Waals surface area (Å²) in [6.07, 6.45) is 8.78. The largest absolute Gasteiger partial charge is 0.481 e. The molecule has 0 bridgehead atoms. The number of carboxylic acids is 1. The second-order valence-electron chi connectivity index (χ2n) is 14.5. The van der Waals surface area contributed by atoms with Crippen molar-refractivity contribution in [3.63, 3.8) is 0 Å². The average molecular weight is 587 g/mol. The molecule has 0 aliphatic rings. The lowest BCUT2D eigenvalue weighted by Crippen LogP contribution is -2.30. The summed E-state index contributed by atoms with van der Waals surface area (Å²) in [5.41, 5.74) is 5.34. The van der Waals surface area contributed by atoms with Gasteiger partial charge in [0.25, 0.3) is 0 Å². The number of carboxylic acid groups (broad SMARTS) is 1. The summed E-state index contributed by atoms with van der Waals surface area (Å²) in [6.45, 7) is 32.3. The Hall–Kier alpha value is -1.36. The van der Waals surface area contributed by atoms with Crippen LogP contribution in [0.4, 0.5) is 0 Å². The summed E-state index contributed by atoms with van der Waals surface area (Å²) in [5, 5.41) is 12.0. The molecule has 0 radical (unpaired) electrons. The fraction of sp³-hybridized carbons (Fsp3) is 0.889. The Morgan fingerprint density at radius 3 is 1.32 bits per heavy atom. The molecule has 41 heavy (non-hydrogen) atoms. The van der Waals surface area contributed by atoms with Crippen molar-refractivity contribution in [1.29, 1.82) is 0 Å². The Balaban J connectivity index is -0.000000158. The number of rotatable bonds is 17. The molecule has 250 valence electrons. The zero-order valence-electron chi connectivity index (χ0n) is 28.4. The van der Waals surface area contributed by atoms with E-state index in [9.17, 15) is 9.59 Å². The minimum absolute atomic E-state index is 0. The molecule has 0 spiro atoms. The quantitative estimate of drug-likeness (QED) is 0.148. The molecular weight excluding hydrogens is 508 g/mol. The van der Waals surface area contributed by atoms with Crippen LogP contribution in [0.15, 0.2) is 12.7 Å². The van der Waals surface area contributed by atoms with Gasteiger partial charge in [0, 0.05) is 12.6 Å². The van der Waals surface area contributed by atoms with Crippen molar-refractivity contribution in [2.75, 3.05) is 6.54 Å². The number of aliphatic carboxylic acids is 1. The maximum atomic E-state index is 11.1. The standard InChI is InChI=1S/C14H27NO.C11H22O2.C9H21N.2CH4/c1-6-14(16)15-8-7-13(9-11(2)3)10-12(4)5;1-8(2)6-11(5,10(12)13)7-9(3)4;1-7(2)5-9(10)6-8(3)4;;/h6,11-13H,1,7-10H2,2-5H3,(H,15,16);8-9H,6-7H2,1-5H3,(H,12,13);7-9H,5-6,10H2,1-4H3;2*1H4. The van der Waals surface area contributed by atoms with E-state index in [0.717, 1.165) is 68.2 Å². The molecule has 0 fully saturated rings. The van der Waals surface area contributed by atoms with Crippen molar-refractivity contribution in [3.8, 4) is 0 Å². The van der Waals surface area contributed by atoms with Crippen molar-refractivity contribution in [3.05, 3.63) is 12.7 Å². The number of hydrogen-bond acceptors (Lipinski definition) is 3. The Kier molecular flexibility index (Phi) is 33.0. The Labute approximate surface area is 259 Å². The lowest BCUT2D eigenvalue weighted by atomic mass is 9.76. The van der Waals surface area contributed by atoms with Crippen molar-refractivity contribution >= 4 is 11.9 Å². The van der Waals surface area contributed by atoms with Gasteiger partial charge in [-0.15, -0.1) is 0 Å². The molecule has 0 aromatic carbocycles. The molecule has 4 N–H and O–H groups in total. The third-order valence-corrected chi connectivity index (χ3v) is 6.43. The van der Waals surface area contributed by atoms with E-state index in [4.69, 9.17) is 10.8 Å². The molecule has 0 aliphatic heterocycles. The minimum atomic E-state index is -0.658. The van der Waals surface area contributed by atoms with Crippen LogP contribution in [0.25, 0.3) is 0 Å². The fourth-order valence-electron chi connectivity index (χ4n) is 5.50. The van der Waals surface area contributed by atoms with Gasteiger partial charge in [0.05, 0.1) is 5.41 Å². The van der Waals surface area contributed by atoms with E-state index in [2.05, 4.69) is 95.0 Å². The summed E-state index contributed by atoms with van der Waals surface area (Å²) < 4.78 is 0. The van der Waals surface area contributed by atoms with Crippen LogP contribution in [0.5, 0.6) is 0 Å².